The van der Waals surface area contributed by atoms with Crippen LogP contribution < -0.4 is 5.32 Å². The standard InChI is InChI=1S/C15H18FN3O4.ClH/c16-12-3-1-2-11(6-12)8-19-5-4-18(10-14(19)21)9-13(20)17-7-15(22)23;/h1-3,6H,4-5,7-10H2,(H,17,20)(H,22,23);1H. The molecular formula is C15H19ClFN3O4. The van der Waals surface area contributed by atoms with E-state index in [1.54, 1.807) is 21.9 Å². The fraction of sp³-hybridized carbons (Fsp3) is 0.400. The number of carboxylic acid groups (broad SMARTS) is 1. The van der Waals surface area contributed by atoms with E-state index in [0.717, 1.165) is 0 Å². The number of hydrogen-bond donors (Lipinski definition) is 2. The predicted octanol–water partition coefficient (Wildman–Crippen LogP) is 0.0925. The van der Waals surface area contributed by atoms with Crippen molar-refractivity contribution in [1.29, 1.82) is 0 Å². The smallest absolute Gasteiger partial charge is 0.322 e. The largest absolute Gasteiger partial charge is 0.480 e. The predicted molar refractivity (Wildman–Crippen MR) is 86.2 cm³/mol. The first-order valence-corrected chi connectivity index (χ1v) is 7.17. The van der Waals surface area contributed by atoms with Crippen LogP contribution in [0.4, 0.5) is 4.39 Å². The number of carboxylic acids is 1. The van der Waals surface area contributed by atoms with Gasteiger partial charge in [0.25, 0.3) is 0 Å². The molecule has 24 heavy (non-hydrogen) atoms. The molecule has 2 rings (SSSR count). The molecule has 0 bridgehead atoms. The molecule has 1 fully saturated rings. The zero-order valence-corrected chi connectivity index (χ0v) is 13.7. The van der Waals surface area contributed by atoms with Gasteiger partial charge in [0.05, 0.1) is 13.1 Å². The van der Waals surface area contributed by atoms with Gasteiger partial charge in [-0.3, -0.25) is 19.3 Å². The molecule has 1 aliphatic rings. The number of hydrogen-bond acceptors (Lipinski definition) is 4. The van der Waals surface area contributed by atoms with Crippen molar-refractivity contribution in [1.82, 2.24) is 15.1 Å². The number of aliphatic carboxylic acids is 1. The van der Waals surface area contributed by atoms with Crippen molar-refractivity contribution in [3.63, 3.8) is 0 Å². The second-order valence-corrected chi connectivity index (χ2v) is 5.33. The number of rotatable bonds is 6. The van der Waals surface area contributed by atoms with Crippen LogP contribution in [0.15, 0.2) is 24.3 Å². The Balaban J connectivity index is 0.00000288. The minimum atomic E-state index is -1.12. The highest BCUT2D eigenvalue weighted by Gasteiger charge is 2.25. The summed E-state index contributed by atoms with van der Waals surface area (Å²) >= 11 is 0. The normalized spacial score (nSPS) is 14.9. The monoisotopic (exact) mass is 359 g/mol. The molecule has 2 N–H and O–H groups in total. The van der Waals surface area contributed by atoms with Crippen LogP contribution in [0.3, 0.4) is 0 Å². The van der Waals surface area contributed by atoms with Crippen LogP contribution in [0.2, 0.25) is 0 Å². The molecule has 7 nitrogen and oxygen atoms in total. The Labute approximate surface area is 144 Å². The molecule has 1 aromatic carbocycles. The topological polar surface area (TPSA) is 89.9 Å². The van der Waals surface area contributed by atoms with Gasteiger partial charge in [-0.15, -0.1) is 12.4 Å². The van der Waals surface area contributed by atoms with Gasteiger partial charge < -0.3 is 15.3 Å². The lowest BCUT2D eigenvalue weighted by atomic mass is 10.2. The Kier molecular flexibility index (Phi) is 7.60. The van der Waals surface area contributed by atoms with Gasteiger partial charge in [-0.25, -0.2) is 4.39 Å². The highest BCUT2D eigenvalue weighted by molar-refractivity contribution is 5.85. The van der Waals surface area contributed by atoms with Gasteiger partial charge >= 0.3 is 5.97 Å². The lowest BCUT2D eigenvalue weighted by Gasteiger charge is -2.34. The van der Waals surface area contributed by atoms with Crippen LogP contribution in [0.25, 0.3) is 0 Å². The van der Waals surface area contributed by atoms with Gasteiger partial charge in [-0.05, 0) is 17.7 Å². The summed E-state index contributed by atoms with van der Waals surface area (Å²) in [4.78, 5) is 37.3. The van der Waals surface area contributed by atoms with Crippen LogP contribution in [-0.4, -0.2) is 65.4 Å². The van der Waals surface area contributed by atoms with Crippen molar-refractivity contribution in [2.75, 3.05) is 32.7 Å². The second-order valence-electron chi connectivity index (χ2n) is 5.33. The Morgan fingerprint density at radius 3 is 2.67 bits per heavy atom. The summed E-state index contributed by atoms with van der Waals surface area (Å²) in [6.45, 7) is 0.883. The molecule has 9 heteroatoms. The summed E-state index contributed by atoms with van der Waals surface area (Å²) in [5, 5.41) is 10.7. The van der Waals surface area contributed by atoms with E-state index >= 15 is 0 Å². The van der Waals surface area contributed by atoms with E-state index in [9.17, 15) is 18.8 Å². The van der Waals surface area contributed by atoms with E-state index in [1.165, 1.54) is 12.1 Å². The first-order valence-electron chi connectivity index (χ1n) is 7.17. The molecule has 132 valence electrons. The third kappa shape index (κ3) is 6.13. The second kappa shape index (κ2) is 9.19. The van der Waals surface area contributed by atoms with E-state index in [-0.39, 0.29) is 37.2 Å². The third-order valence-corrected chi connectivity index (χ3v) is 3.46. The molecule has 0 radical (unpaired) electrons. The first kappa shape index (κ1) is 19.9. The van der Waals surface area contributed by atoms with Crippen molar-refractivity contribution >= 4 is 30.2 Å². The quantitative estimate of drug-likeness (QED) is 0.751. The van der Waals surface area contributed by atoms with Gasteiger partial charge in [0.2, 0.25) is 11.8 Å². The number of nitrogens with zero attached hydrogens (tertiary/aromatic N) is 2. The van der Waals surface area contributed by atoms with E-state index in [1.807, 2.05) is 0 Å². The summed E-state index contributed by atoms with van der Waals surface area (Å²) < 4.78 is 13.2. The van der Waals surface area contributed by atoms with Crippen LogP contribution >= 0.6 is 12.4 Å². The number of carbonyl (C=O) groups is 3. The summed E-state index contributed by atoms with van der Waals surface area (Å²) in [5.74, 6) is -2.04. The molecule has 1 saturated heterocycles. The summed E-state index contributed by atoms with van der Waals surface area (Å²) in [7, 11) is 0. The zero-order valence-electron chi connectivity index (χ0n) is 12.9. The molecular weight excluding hydrogens is 341 g/mol. The lowest BCUT2D eigenvalue weighted by molar-refractivity contribution is -0.140. The van der Waals surface area contributed by atoms with Crippen LogP contribution in [-0.2, 0) is 20.9 Å². The molecule has 0 unspecified atom stereocenters. The van der Waals surface area contributed by atoms with Crippen LogP contribution in [0.5, 0.6) is 0 Å². The maximum Gasteiger partial charge on any atom is 0.322 e. The number of piperazine rings is 1. The summed E-state index contributed by atoms with van der Waals surface area (Å²) in [6.07, 6.45) is 0. The average molecular weight is 360 g/mol. The molecule has 1 heterocycles. The Morgan fingerprint density at radius 1 is 1.29 bits per heavy atom. The van der Waals surface area contributed by atoms with Gasteiger partial charge in [0, 0.05) is 19.6 Å². The average Bonchev–Trinajstić information content (AvgIpc) is 2.48. The molecule has 0 saturated carbocycles. The number of amides is 2. The van der Waals surface area contributed by atoms with Crippen molar-refractivity contribution in [2.45, 2.75) is 6.54 Å². The fourth-order valence-electron chi connectivity index (χ4n) is 2.35. The van der Waals surface area contributed by atoms with Crippen LogP contribution in [0.1, 0.15) is 5.56 Å². The van der Waals surface area contributed by atoms with Crippen molar-refractivity contribution in [2.24, 2.45) is 0 Å². The van der Waals surface area contributed by atoms with Crippen molar-refractivity contribution in [3.8, 4) is 0 Å². The van der Waals surface area contributed by atoms with Gasteiger partial charge in [0.1, 0.15) is 12.4 Å². The number of nitrogens with one attached hydrogen (secondary N) is 1. The van der Waals surface area contributed by atoms with Gasteiger partial charge in [-0.2, -0.15) is 0 Å². The molecule has 0 aromatic heterocycles. The fourth-order valence-corrected chi connectivity index (χ4v) is 2.35. The lowest BCUT2D eigenvalue weighted by Crippen LogP contribution is -2.52. The number of carbonyl (C=O) groups excluding carboxylic acids is 2. The minimum Gasteiger partial charge on any atom is -0.480 e. The highest BCUT2D eigenvalue weighted by Crippen LogP contribution is 2.11. The highest BCUT2D eigenvalue weighted by atomic mass is 35.5. The van der Waals surface area contributed by atoms with Crippen LogP contribution in [0, 0.1) is 5.82 Å². The molecule has 1 aliphatic heterocycles. The number of benzene rings is 1. The minimum absolute atomic E-state index is 0. The van der Waals surface area contributed by atoms with E-state index < -0.39 is 18.4 Å². The first-order chi connectivity index (χ1) is 10.9. The Morgan fingerprint density at radius 2 is 2.04 bits per heavy atom. The number of halogens is 2. The van der Waals surface area contributed by atoms with Gasteiger partial charge in [0.15, 0.2) is 0 Å². The van der Waals surface area contributed by atoms with E-state index in [4.69, 9.17) is 5.11 Å². The molecule has 0 atom stereocenters. The molecule has 0 spiro atoms. The van der Waals surface area contributed by atoms with Crippen molar-refractivity contribution < 1.29 is 23.9 Å². The van der Waals surface area contributed by atoms with E-state index in [0.29, 0.717) is 25.2 Å². The molecule has 0 aliphatic carbocycles. The molecule has 2 amide bonds. The van der Waals surface area contributed by atoms with E-state index in [2.05, 4.69) is 5.32 Å². The third-order valence-electron chi connectivity index (χ3n) is 3.46. The maximum atomic E-state index is 13.2. The summed E-state index contributed by atoms with van der Waals surface area (Å²) in [5.41, 5.74) is 0.714. The molecule has 1 aromatic rings. The van der Waals surface area contributed by atoms with Gasteiger partial charge in [-0.1, -0.05) is 12.1 Å². The maximum absolute atomic E-state index is 13.2. The Bertz CT molecular complexity index is 614. The SMILES string of the molecule is Cl.O=C(O)CNC(=O)CN1CCN(Cc2cccc(F)c2)C(=O)C1. The Hall–Kier alpha value is -2.19. The van der Waals surface area contributed by atoms with Crippen molar-refractivity contribution in [3.05, 3.63) is 35.6 Å². The summed E-state index contributed by atoms with van der Waals surface area (Å²) in [6, 6.07) is 6.08. The zero-order chi connectivity index (χ0) is 16.8.